The molecule has 1 rings (SSSR count). The number of benzene rings is 1. The molecule has 1 aromatic carbocycles. The number of aromatic carboxylic acids is 1. The molecule has 0 fully saturated rings. The molecule has 0 spiro atoms. The molecule has 0 saturated carbocycles. The van der Waals surface area contributed by atoms with Crippen LogP contribution in [-0.2, 0) is 5.75 Å². The molecule has 1 aromatic rings. The monoisotopic (exact) mass is 288 g/mol. The predicted octanol–water partition coefficient (Wildman–Crippen LogP) is 3.79. The molecule has 0 aliphatic rings. The molecule has 0 atom stereocenters. The number of carbonyl (C=O) groups is 1. The largest absolute Gasteiger partial charge is 0.478 e. The molecule has 15 heavy (non-hydrogen) atoms. The molecule has 0 saturated heterocycles. The zero-order chi connectivity index (χ0) is 11.4. The van der Waals surface area contributed by atoms with Gasteiger partial charge < -0.3 is 5.11 Å². The summed E-state index contributed by atoms with van der Waals surface area (Å²) in [6.45, 7) is 4.29. The topological polar surface area (TPSA) is 37.3 Å². The number of hydrogen-bond donors (Lipinski definition) is 1. The first kappa shape index (κ1) is 12.6. The molecule has 1 N–H and O–H groups in total. The van der Waals surface area contributed by atoms with Gasteiger partial charge in [-0.3, -0.25) is 0 Å². The van der Waals surface area contributed by atoms with Gasteiger partial charge in [-0.15, -0.1) is 0 Å². The number of halogens is 1. The highest BCUT2D eigenvalue weighted by atomic mass is 79.9. The highest BCUT2D eigenvalue weighted by Gasteiger charge is 2.08. The Morgan fingerprint density at radius 1 is 1.53 bits per heavy atom. The summed E-state index contributed by atoms with van der Waals surface area (Å²) in [5.41, 5.74) is 1.46. The van der Waals surface area contributed by atoms with Gasteiger partial charge in [0.25, 0.3) is 0 Å². The fourth-order valence-corrected chi connectivity index (χ4v) is 2.39. The van der Waals surface area contributed by atoms with E-state index in [0.29, 0.717) is 15.3 Å². The molecule has 0 radical (unpaired) electrons. The SMILES string of the molecule is CC(C)SCc1ccc(C(=O)O)c(Br)c1. The van der Waals surface area contributed by atoms with E-state index in [2.05, 4.69) is 29.8 Å². The van der Waals surface area contributed by atoms with Gasteiger partial charge in [0.2, 0.25) is 0 Å². The summed E-state index contributed by atoms with van der Waals surface area (Å²) in [5.74, 6) is 0.0147. The van der Waals surface area contributed by atoms with Crippen LogP contribution in [0.25, 0.3) is 0 Å². The van der Waals surface area contributed by atoms with Crippen molar-refractivity contribution in [1.29, 1.82) is 0 Å². The van der Waals surface area contributed by atoms with E-state index in [9.17, 15) is 4.79 Å². The summed E-state index contributed by atoms with van der Waals surface area (Å²) in [6.07, 6.45) is 0. The summed E-state index contributed by atoms with van der Waals surface area (Å²) in [7, 11) is 0. The van der Waals surface area contributed by atoms with Crippen LogP contribution in [0.3, 0.4) is 0 Å². The van der Waals surface area contributed by atoms with Crippen LogP contribution in [0.2, 0.25) is 0 Å². The first-order valence-corrected chi connectivity index (χ1v) is 6.48. The van der Waals surface area contributed by atoms with E-state index in [4.69, 9.17) is 5.11 Å². The standard InChI is InChI=1S/C11H13BrO2S/c1-7(2)15-6-8-3-4-9(11(13)14)10(12)5-8/h3-5,7H,6H2,1-2H3,(H,13,14). The molecule has 82 valence electrons. The lowest BCUT2D eigenvalue weighted by molar-refractivity contribution is 0.0696. The van der Waals surface area contributed by atoms with Gasteiger partial charge in [0.05, 0.1) is 5.56 Å². The van der Waals surface area contributed by atoms with Gasteiger partial charge in [-0.2, -0.15) is 11.8 Å². The molecule has 0 amide bonds. The van der Waals surface area contributed by atoms with Crippen LogP contribution in [0.15, 0.2) is 22.7 Å². The van der Waals surface area contributed by atoms with Crippen molar-refractivity contribution < 1.29 is 9.90 Å². The second-order valence-electron chi connectivity index (χ2n) is 3.48. The lowest BCUT2D eigenvalue weighted by Crippen LogP contribution is -1.98. The minimum atomic E-state index is -0.898. The summed E-state index contributed by atoms with van der Waals surface area (Å²) in [6, 6.07) is 5.38. The van der Waals surface area contributed by atoms with Crippen molar-refractivity contribution in [3.63, 3.8) is 0 Å². The third kappa shape index (κ3) is 3.87. The van der Waals surface area contributed by atoms with Crippen molar-refractivity contribution in [2.45, 2.75) is 24.9 Å². The van der Waals surface area contributed by atoms with Crippen LogP contribution >= 0.6 is 27.7 Å². The van der Waals surface area contributed by atoms with E-state index < -0.39 is 5.97 Å². The zero-order valence-electron chi connectivity index (χ0n) is 8.66. The van der Waals surface area contributed by atoms with Gasteiger partial charge in [0.1, 0.15) is 0 Å². The molecular formula is C11H13BrO2S. The average Bonchev–Trinajstić information content (AvgIpc) is 2.14. The van der Waals surface area contributed by atoms with Gasteiger partial charge in [-0.05, 0) is 38.9 Å². The van der Waals surface area contributed by atoms with Crippen LogP contribution in [0, 0.1) is 0 Å². The van der Waals surface area contributed by atoms with Crippen molar-refractivity contribution in [3.05, 3.63) is 33.8 Å². The maximum atomic E-state index is 10.8. The number of thioether (sulfide) groups is 1. The van der Waals surface area contributed by atoms with Gasteiger partial charge in [-0.25, -0.2) is 4.79 Å². The number of carboxylic acid groups (broad SMARTS) is 1. The number of hydrogen-bond acceptors (Lipinski definition) is 2. The molecule has 2 nitrogen and oxygen atoms in total. The fraction of sp³-hybridized carbons (Fsp3) is 0.364. The summed E-state index contributed by atoms with van der Waals surface area (Å²) in [5, 5.41) is 9.43. The highest BCUT2D eigenvalue weighted by Crippen LogP contribution is 2.23. The second-order valence-corrected chi connectivity index (χ2v) is 5.90. The molecule has 0 aliphatic carbocycles. The van der Waals surface area contributed by atoms with Gasteiger partial charge in [0, 0.05) is 10.2 Å². The van der Waals surface area contributed by atoms with Gasteiger partial charge in [0.15, 0.2) is 0 Å². The quantitative estimate of drug-likeness (QED) is 0.916. The normalized spacial score (nSPS) is 10.7. The van der Waals surface area contributed by atoms with E-state index in [1.54, 1.807) is 6.07 Å². The van der Waals surface area contributed by atoms with E-state index in [-0.39, 0.29) is 0 Å². The van der Waals surface area contributed by atoms with E-state index in [0.717, 1.165) is 11.3 Å². The minimum absolute atomic E-state index is 0.313. The maximum absolute atomic E-state index is 10.8. The fourth-order valence-electron chi connectivity index (χ4n) is 1.08. The Morgan fingerprint density at radius 3 is 2.67 bits per heavy atom. The van der Waals surface area contributed by atoms with Crippen molar-refractivity contribution in [2.75, 3.05) is 0 Å². The number of rotatable bonds is 4. The summed E-state index contributed by atoms with van der Waals surface area (Å²) >= 11 is 5.10. The average molecular weight is 289 g/mol. The van der Waals surface area contributed by atoms with Gasteiger partial charge in [-0.1, -0.05) is 19.9 Å². The lowest BCUT2D eigenvalue weighted by Gasteiger charge is -2.06. The van der Waals surface area contributed by atoms with Crippen molar-refractivity contribution in [2.24, 2.45) is 0 Å². The Balaban J connectivity index is 2.78. The Labute approximate surface area is 102 Å². The highest BCUT2D eigenvalue weighted by molar-refractivity contribution is 9.10. The van der Waals surface area contributed by atoms with E-state index >= 15 is 0 Å². The number of carboxylic acids is 1. The third-order valence-electron chi connectivity index (χ3n) is 1.85. The lowest BCUT2D eigenvalue weighted by atomic mass is 10.1. The van der Waals surface area contributed by atoms with Crippen molar-refractivity contribution in [3.8, 4) is 0 Å². The van der Waals surface area contributed by atoms with Gasteiger partial charge >= 0.3 is 5.97 Å². The third-order valence-corrected chi connectivity index (χ3v) is 3.67. The minimum Gasteiger partial charge on any atom is -0.478 e. The summed E-state index contributed by atoms with van der Waals surface area (Å²) in [4.78, 5) is 10.8. The Hall–Kier alpha value is -0.480. The Bertz CT molecular complexity index is 364. The van der Waals surface area contributed by atoms with Crippen LogP contribution in [-0.4, -0.2) is 16.3 Å². The Kier molecular flexibility index (Phi) is 4.67. The first-order valence-electron chi connectivity index (χ1n) is 4.64. The maximum Gasteiger partial charge on any atom is 0.336 e. The molecule has 0 bridgehead atoms. The van der Waals surface area contributed by atoms with Crippen LogP contribution in [0.1, 0.15) is 29.8 Å². The zero-order valence-corrected chi connectivity index (χ0v) is 11.1. The molecule has 0 aliphatic heterocycles. The summed E-state index contributed by atoms with van der Waals surface area (Å²) < 4.78 is 0.650. The van der Waals surface area contributed by atoms with Crippen LogP contribution in [0.5, 0.6) is 0 Å². The van der Waals surface area contributed by atoms with Crippen molar-refractivity contribution >= 4 is 33.7 Å². The Morgan fingerprint density at radius 2 is 2.20 bits per heavy atom. The first-order chi connectivity index (χ1) is 7.00. The van der Waals surface area contributed by atoms with Crippen LogP contribution in [0.4, 0.5) is 0 Å². The molecule has 0 heterocycles. The predicted molar refractivity (Wildman–Crippen MR) is 67.5 cm³/mol. The smallest absolute Gasteiger partial charge is 0.336 e. The molecule has 0 aromatic heterocycles. The van der Waals surface area contributed by atoms with Crippen molar-refractivity contribution in [1.82, 2.24) is 0 Å². The van der Waals surface area contributed by atoms with E-state index in [1.807, 2.05) is 23.9 Å². The van der Waals surface area contributed by atoms with Crippen LogP contribution < -0.4 is 0 Å². The molecule has 4 heteroatoms. The molecule has 0 unspecified atom stereocenters. The molecular weight excluding hydrogens is 276 g/mol. The van der Waals surface area contributed by atoms with E-state index in [1.165, 1.54) is 0 Å². The second kappa shape index (κ2) is 5.56.